The largest absolute Gasteiger partial charge is 0.480 e. The number of carbonyl (C=O) groups excluding carboxylic acids is 1. The summed E-state index contributed by atoms with van der Waals surface area (Å²) in [7, 11) is 0. The Bertz CT molecular complexity index is 745. The predicted molar refractivity (Wildman–Crippen MR) is 183 cm³/mol. The lowest BCUT2D eigenvalue weighted by Crippen LogP contribution is -2.34. The summed E-state index contributed by atoms with van der Waals surface area (Å²) in [6.07, 6.45) is -0.458. The van der Waals surface area contributed by atoms with Crippen molar-refractivity contribution in [1.82, 2.24) is 5.32 Å². The molecule has 18 nitrogen and oxygen atoms in total. The second kappa shape index (κ2) is 39.4. The molecule has 0 aliphatic rings. The molecule has 0 spiro atoms. The van der Waals surface area contributed by atoms with E-state index in [-0.39, 0.29) is 13.2 Å². The lowest BCUT2D eigenvalue weighted by molar-refractivity contribution is -0.142. The topological polar surface area (TPSA) is 196 Å². The van der Waals surface area contributed by atoms with E-state index in [2.05, 4.69) is 5.32 Å². The molecular weight excluding hydrogens is 682 g/mol. The third-order valence-corrected chi connectivity index (χ3v) is 5.60. The average molecular weight is 748 g/mol. The zero-order valence-corrected chi connectivity index (χ0v) is 31.1. The Balaban J connectivity index is 3.10. The SMILES string of the molecule is CC(C)(C)OC(=O)NCCOCCOCCOCCOCCOCCOCCOCCOCCOCCOCCOCCOCCOCC(=O)O. The quantitative estimate of drug-likeness (QED) is 0.0834. The van der Waals surface area contributed by atoms with Crippen molar-refractivity contribution in [3.05, 3.63) is 0 Å². The van der Waals surface area contributed by atoms with Crippen molar-refractivity contribution in [2.45, 2.75) is 26.4 Å². The molecule has 2 N–H and O–H groups in total. The molecule has 0 aromatic rings. The molecule has 0 radical (unpaired) electrons. The lowest BCUT2D eigenvalue weighted by atomic mass is 10.2. The highest BCUT2D eigenvalue weighted by Crippen LogP contribution is 2.06. The van der Waals surface area contributed by atoms with Gasteiger partial charge in [0.1, 0.15) is 12.2 Å². The molecule has 0 bridgehead atoms. The normalized spacial score (nSPS) is 11.7. The Morgan fingerprint density at radius 2 is 0.608 bits per heavy atom. The monoisotopic (exact) mass is 747 g/mol. The number of aliphatic carboxylic acids is 1. The van der Waals surface area contributed by atoms with Crippen LogP contribution in [-0.4, -0.2) is 201 Å². The van der Waals surface area contributed by atoms with Gasteiger partial charge in [0.2, 0.25) is 0 Å². The summed E-state index contributed by atoms with van der Waals surface area (Å²) in [5, 5.41) is 11.1. The number of rotatable bonds is 41. The van der Waals surface area contributed by atoms with E-state index in [0.29, 0.717) is 165 Å². The zero-order valence-electron chi connectivity index (χ0n) is 31.1. The van der Waals surface area contributed by atoms with Crippen molar-refractivity contribution in [2.75, 3.05) is 178 Å². The standard InChI is InChI=1S/C33H65NO17/c1-33(2,3)51-32(37)34-4-5-38-6-7-39-8-9-40-10-11-41-12-13-42-14-15-43-16-17-44-18-19-45-20-21-46-22-23-47-24-25-48-26-27-49-28-29-50-30-31(35)36/h4-30H2,1-3H3,(H,34,37)(H,35,36). The van der Waals surface area contributed by atoms with E-state index in [1.54, 1.807) is 0 Å². The molecule has 0 aliphatic heterocycles. The van der Waals surface area contributed by atoms with Crippen LogP contribution in [0.25, 0.3) is 0 Å². The van der Waals surface area contributed by atoms with Gasteiger partial charge in [-0.15, -0.1) is 0 Å². The maximum atomic E-state index is 11.5. The minimum atomic E-state index is -1.00. The van der Waals surface area contributed by atoms with E-state index < -0.39 is 17.7 Å². The Morgan fingerprint density at radius 3 is 0.824 bits per heavy atom. The predicted octanol–water partition coefficient (Wildman–Crippen LogP) is 0.812. The van der Waals surface area contributed by atoms with Gasteiger partial charge in [-0.2, -0.15) is 0 Å². The molecule has 0 saturated heterocycles. The van der Waals surface area contributed by atoms with Gasteiger partial charge in [-0.25, -0.2) is 9.59 Å². The van der Waals surface area contributed by atoms with Gasteiger partial charge in [-0.05, 0) is 20.8 Å². The van der Waals surface area contributed by atoms with Gasteiger partial charge in [0.05, 0.1) is 165 Å². The second-order valence-corrected chi connectivity index (χ2v) is 11.2. The summed E-state index contributed by atoms with van der Waals surface area (Å²) in [4.78, 5) is 21.8. The Hall–Kier alpha value is -1.78. The van der Waals surface area contributed by atoms with Crippen LogP contribution in [0.1, 0.15) is 20.8 Å². The van der Waals surface area contributed by atoms with Gasteiger partial charge in [0.15, 0.2) is 0 Å². The number of hydrogen-bond acceptors (Lipinski definition) is 16. The summed E-state index contributed by atoms with van der Waals surface area (Å²) in [6.45, 7) is 16.7. The van der Waals surface area contributed by atoms with Gasteiger partial charge in [0, 0.05) is 6.54 Å². The summed E-state index contributed by atoms with van der Waals surface area (Å²) < 4.78 is 75.1. The number of carboxylic acids is 1. The van der Waals surface area contributed by atoms with E-state index in [9.17, 15) is 9.59 Å². The molecule has 51 heavy (non-hydrogen) atoms. The number of ether oxygens (including phenoxy) is 14. The molecule has 1 amide bonds. The number of carboxylic acid groups (broad SMARTS) is 1. The molecule has 304 valence electrons. The number of alkyl carbamates (subject to hydrolysis) is 1. The van der Waals surface area contributed by atoms with Crippen molar-refractivity contribution < 1.29 is 81.0 Å². The fourth-order valence-electron chi connectivity index (χ4n) is 3.34. The van der Waals surface area contributed by atoms with Crippen LogP contribution in [0.5, 0.6) is 0 Å². The maximum absolute atomic E-state index is 11.5. The molecule has 0 rings (SSSR count). The summed E-state index contributed by atoms with van der Waals surface area (Å²) in [5.41, 5.74) is -0.517. The second-order valence-electron chi connectivity index (χ2n) is 11.2. The van der Waals surface area contributed by atoms with E-state index >= 15 is 0 Å². The molecule has 0 saturated carbocycles. The molecule has 0 aromatic heterocycles. The minimum absolute atomic E-state index is 0.236. The molecule has 18 heteroatoms. The molecule has 0 aromatic carbocycles. The van der Waals surface area contributed by atoms with Crippen molar-refractivity contribution >= 4 is 12.1 Å². The van der Waals surface area contributed by atoms with Gasteiger partial charge >= 0.3 is 12.1 Å². The molecule has 0 atom stereocenters. The average Bonchev–Trinajstić information content (AvgIpc) is 3.08. The third kappa shape index (κ3) is 46.2. The first kappa shape index (κ1) is 49.2. The van der Waals surface area contributed by atoms with Crippen LogP contribution in [0.15, 0.2) is 0 Å². The fraction of sp³-hybridized carbons (Fsp3) is 0.939. The van der Waals surface area contributed by atoms with Crippen molar-refractivity contribution in [1.29, 1.82) is 0 Å². The smallest absolute Gasteiger partial charge is 0.407 e. The van der Waals surface area contributed by atoms with Crippen molar-refractivity contribution in [3.63, 3.8) is 0 Å². The highest BCUT2D eigenvalue weighted by atomic mass is 16.6. The Kier molecular flexibility index (Phi) is 38.1. The number of hydrogen-bond donors (Lipinski definition) is 2. The van der Waals surface area contributed by atoms with Crippen LogP contribution in [0.2, 0.25) is 0 Å². The van der Waals surface area contributed by atoms with Gasteiger partial charge in [-0.3, -0.25) is 0 Å². The summed E-state index contributed by atoms with van der Waals surface area (Å²) >= 11 is 0. The van der Waals surface area contributed by atoms with Gasteiger partial charge < -0.3 is 76.7 Å². The van der Waals surface area contributed by atoms with Crippen LogP contribution in [-0.2, 0) is 71.1 Å². The Morgan fingerprint density at radius 1 is 0.392 bits per heavy atom. The highest BCUT2D eigenvalue weighted by Gasteiger charge is 2.15. The van der Waals surface area contributed by atoms with Crippen LogP contribution in [0.3, 0.4) is 0 Å². The fourth-order valence-corrected chi connectivity index (χ4v) is 3.34. The van der Waals surface area contributed by atoms with E-state index in [0.717, 1.165) is 0 Å². The summed E-state index contributed by atoms with van der Waals surface area (Å²) in [5.74, 6) is -1.00. The minimum Gasteiger partial charge on any atom is -0.480 e. The van der Waals surface area contributed by atoms with E-state index in [1.165, 1.54) is 0 Å². The third-order valence-electron chi connectivity index (χ3n) is 5.60. The summed E-state index contributed by atoms with van der Waals surface area (Å²) in [6, 6.07) is 0. The highest BCUT2D eigenvalue weighted by molar-refractivity contribution is 5.68. The van der Waals surface area contributed by atoms with Crippen LogP contribution in [0.4, 0.5) is 4.79 Å². The van der Waals surface area contributed by atoms with Crippen LogP contribution >= 0.6 is 0 Å². The first-order valence-electron chi connectivity index (χ1n) is 17.5. The lowest BCUT2D eigenvalue weighted by Gasteiger charge is -2.19. The van der Waals surface area contributed by atoms with Crippen LogP contribution in [0, 0.1) is 0 Å². The van der Waals surface area contributed by atoms with Gasteiger partial charge in [-0.1, -0.05) is 0 Å². The maximum Gasteiger partial charge on any atom is 0.407 e. The number of carbonyl (C=O) groups is 2. The van der Waals surface area contributed by atoms with Crippen molar-refractivity contribution in [3.8, 4) is 0 Å². The zero-order chi connectivity index (χ0) is 37.4. The molecule has 0 unspecified atom stereocenters. The molecule has 0 fully saturated rings. The number of amides is 1. The Labute approximate surface area is 303 Å². The van der Waals surface area contributed by atoms with E-state index in [4.69, 9.17) is 71.4 Å². The molecule has 0 aliphatic carbocycles. The number of nitrogens with one attached hydrogen (secondary N) is 1. The molecule has 0 heterocycles. The first-order valence-corrected chi connectivity index (χ1v) is 17.5. The van der Waals surface area contributed by atoms with Crippen molar-refractivity contribution in [2.24, 2.45) is 0 Å². The van der Waals surface area contributed by atoms with E-state index in [1.807, 2.05) is 20.8 Å². The first-order chi connectivity index (χ1) is 24.8. The van der Waals surface area contributed by atoms with Gasteiger partial charge in [0.25, 0.3) is 0 Å². The van der Waals surface area contributed by atoms with Crippen LogP contribution < -0.4 is 5.32 Å². The molecular formula is C33H65NO17.